The van der Waals surface area contributed by atoms with Gasteiger partial charge in [-0.3, -0.25) is 4.79 Å². The normalized spacial score (nSPS) is 14.4. The topological polar surface area (TPSA) is 86.6 Å². The third-order valence-electron chi connectivity index (χ3n) is 1.43. The Bertz CT molecular complexity index is 289. The molecule has 0 aromatic carbocycles. The average molecular weight is 251 g/mol. The van der Waals surface area contributed by atoms with E-state index in [0.29, 0.717) is 0 Å². The molecule has 0 rings (SSSR count). The van der Waals surface area contributed by atoms with Crippen LogP contribution in [0.4, 0.5) is 22.0 Å². The molecule has 0 radical (unpaired) electrons. The zero-order valence-electron chi connectivity index (χ0n) is 7.39. The number of carbonyl (C=O) groups is 2. The van der Waals surface area contributed by atoms with E-state index in [2.05, 4.69) is 0 Å². The second kappa shape index (κ2) is 4.60. The quantitative estimate of drug-likeness (QED) is 0.601. The van der Waals surface area contributed by atoms with Gasteiger partial charge in [0, 0.05) is 0 Å². The molecule has 0 saturated heterocycles. The van der Waals surface area contributed by atoms with E-state index >= 15 is 0 Å². The van der Waals surface area contributed by atoms with Gasteiger partial charge in [0.05, 0.1) is 6.61 Å². The molecule has 0 heterocycles. The molecule has 1 unspecified atom stereocenters. The maximum Gasteiger partial charge on any atom is 0.463 e. The second-order valence-electron chi connectivity index (χ2n) is 2.62. The minimum atomic E-state index is -6.13. The molecule has 16 heavy (non-hydrogen) atoms. The highest BCUT2D eigenvalue weighted by Crippen LogP contribution is 2.35. The lowest BCUT2D eigenvalue weighted by molar-refractivity contribution is -0.270. The van der Waals surface area contributed by atoms with Crippen LogP contribution < -0.4 is 5.32 Å². The van der Waals surface area contributed by atoms with E-state index in [9.17, 15) is 31.5 Å². The summed E-state index contributed by atoms with van der Waals surface area (Å²) in [7, 11) is 0. The van der Waals surface area contributed by atoms with Crippen LogP contribution in [0.1, 0.15) is 0 Å². The molecule has 0 aromatic rings. The number of aliphatic carboxylic acids is 1. The molecule has 5 nitrogen and oxygen atoms in total. The van der Waals surface area contributed by atoms with Gasteiger partial charge < -0.3 is 15.5 Å². The highest BCUT2D eigenvalue weighted by molar-refractivity contribution is 5.88. The molecule has 3 N–H and O–H groups in total. The monoisotopic (exact) mass is 251 g/mol. The van der Waals surface area contributed by atoms with Crippen LogP contribution in [0.2, 0.25) is 0 Å². The van der Waals surface area contributed by atoms with E-state index in [1.54, 1.807) is 0 Å². The average Bonchev–Trinajstić information content (AvgIpc) is 2.11. The number of hydrogen-bond acceptors (Lipinski definition) is 3. The second-order valence-corrected chi connectivity index (χ2v) is 2.62. The number of carboxylic acid groups (broad SMARTS) is 1. The Balaban J connectivity index is 4.76. The Morgan fingerprint density at radius 3 is 1.88 bits per heavy atom. The first-order chi connectivity index (χ1) is 7.04. The number of carboxylic acids is 1. The Kier molecular flexibility index (Phi) is 4.18. The van der Waals surface area contributed by atoms with Crippen molar-refractivity contribution in [1.29, 1.82) is 0 Å². The van der Waals surface area contributed by atoms with Gasteiger partial charge in [-0.15, -0.1) is 0 Å². The predicted molar refractivity (Wildman–Crippen MR) is 37.7 cm³/mol. The van der Waals surface area contributed by atoms with Crippen LogP contribution in [-0.4, -0.2) is 46.8 Å². The molecule has 0 spiro atoms. The molecular formula is C6H6F5NO4. The van der Waals surface area contributed by atoms with Gasteiger partial charge in [0.1, 0.15) is 0 Å². The van der Waals surface area contributed by atoms with Crippen molar-refractivity contribution in [2.24, 2.45) is 0 Å². The van der Waals surface area contributed by atoms with Gasteiger partial charge >= 0.3 is 24.0 Å². The Morgan fingerprint density at radius 1 is 1.19 bits per heavy atom. The first kappa shape index (κ1) is 14.5. The summed E-state index contributed by atoms with van der Waals surface area (Å²) in [6, 6.07) is -2.22. The van der Waals surface area contributed by atoms with Crippen molar-refractivity contribution in [3.8, 4) is 0 Å². The summed E-state index contributed by atoms with van der Waals surface area (Å²) in [6.07, 6.45) is -6.13. The fraction of sp³-hybridized carbons (Fsp3) is 0.667. The maximum atomic E-state index is 12.3. The lowest BCUT2D eigenvalue weighted by atomic mass is 10.2. The molecule has 94 valence electrons. The van der Waals surface area contributed by atoms with E-state index in [4.69, 9.17) is 10.2 Å². The number of nitrogens with one attached hydrogen (secondary N) is 1. The van der Waals surface area contributed by atoms with Crippen molar-refractivity contribution in [3.63, 3.8) is 0 Å². The summed E-state index contributed by atoms with van der Waals surface area (Å²) in [5, 5.41) is 17.3. The number of carbonyl (C=O) groups excluding carboxylic acids is 1. The zero-order chi connectivity index (χ0) is 13.1. The van der Waals surface area contributed by atoms with Crippen molar-refractivity contribution >= 4 is 11.9 Å². The molecule has 0 saturated carbocycles. The molecule has 0 fully saturated rings. The number of halogens is 5. The number of hydrogen-bond donors (Lipinski definition) is 3. The van der Waals surface area contributed by atoms with Crippen molar-refractivity contribution in [2.45, 2.75) is 18.1 Å². The van der Waals surface area contributed by atoms with Crippen LogP contribution in [0.25, 0.3) is 0 Å². The number of alkyl halides is 5. The third kappa shape index (κ3) is 3.02. The summed E-state index contributed by atoms with van der Waals surface area (Å²) >= 11 is 0. The Labute approximate surface area is 84.9 Å². The Hall–Kier alpha value is -1.45. The van der Waals surface area contributed by atoms with Gasteiger partial charge in [-0.05, 0) is 0 Å². The minimum absolute atomic E-state index is 0.854. The smallest absolute Gasteiger partial charge is 0.463 e. The van der Waals surface area contributed by atoms with E-state index in [1.807, 2.05) is 0 Å². The van der Waals surface area contributed by atoms with Gasteiger partial charge in [-0.25, -0.2) is 4.79 Å². The van der Waals surface area contributed by atoms with Gasteiger partial charge in [-0.2, -0.15) is 22.0 Å². The Morgan fingerprint density at radius 2 is 1.62 bits per heavy atom. The zero-order valence-corrected chi connectivity index (χ0v) is 7.39. The fourth-order valence-electron chi connectivity index (χ4n) is 0.563. The fourth-order valence-corrected chi connectivity index (χ4v) is 0.563. The van der Waals surface area contributed by atoms with E-state index in [0.717, 1.165) is 5.32 Å². The predicted octanol–water partition coefficient (Wildman–Crippen LogP) is -0.254. The molecule has 0 aliphatic rings. The largest absolute Gasteiger partial charge is 0.480 e. The summed E-state index contributed by atoms with van der Waals surface area (Å²) in [5.74, 6) is -10.5. The van der Waals surface area contributed by atoms with E-state index in [-0.39, 0.29) is 0 Å². The molecule has 1 atom stereocenters. The minimum Gasteiger partial charge on any atom is -0.480 e. The first-order valence-electron chi connectivity index (χ1n) is 3.63. The van der Waals surface area contributed by atoms with E-state index < -0.39 is 36.6 Å². The lowest BCUT2D eigenvalue weighted by Gasteiger charge is -2.20. The van der Waals surface area contributed by atoms with Crippen molar-refractivity contribution in [3.05, 3.63) is 0 Å². The van der Waals surface area contributed by atoms with Gasteiger partial charge in [0.15, 0.2) is 6.04 Å². The number of aliphatic hydroxyl groups is 1. The molecule has 1 amide bonds. The summed E-state index contributed by atoms with van der Waals surface area (Å²) in [5.41, 5.74) is 0. The van der Waals surface area contributed by atoms with E-state index in [1.165, 1.54) is 0 Å². The molecule has 0 aromatic heterocycles. The van der Waals surface area contributed by atoms with Gasteiger partial charge in [0.2, 0.25) is 0 Å². The molecule has 10 heteroatoms. The van der Waals surface area contributed by atoms with Crippen molar-refractivity contribution in [1.82, 2.24) is 5.32 Å². The molecular weight excluding hydrogens is 245 g/mol. The maximum absolute atomic E-state index is 12.3. The summed E-state index contributed by atoms with van der Waals surface area (Å²) in [6.45, 7) is -1.31. The van der Waals surface area contributed by atoms with Crippen LogP contribution in [-0.2, 0) is 9.59 Å². The van der Waals surface area contributed by atoms with Gasteiger partial charge in [-0.1, -0.05) is 0 Å². The molecule has 0 aliphatic carbocycles. The van der Waals surface area contributed by atoms with Crippen molar-refractivity contribution in [2.75, 3.05) is 6.61 Å². The first-order valence-corrected chi connectivity index (χ1v) is 3.63. The van der Waals surface area contributed by atoms with Crippen molar-refractivity contribution < 1.29 is 41.8 Å². The highest BCUT2D eigenvalue weighted by atomic mass is 19.4. The summed E-state index contributed by atoms with van der Waals surface area (Å²) in [4.78, 5) is 20.6. The van der Waals surface area contributed by atoms with Crippen LogP contribution in [0.3, 0.4) is 0 Å². The van der Waals surface area contributed by atoms with Crippen LogP contribution in [0, 0.1) is 0 Å². The third-order valence-corrected chi connectivity index (χ3v) is 1.43. The number of aliphatic hydroxyl groups excluding tert-OH is 1. The molecule has 0 bridgehead atoms. The lowest BCUT2D eigenvalue weighted by Crippen LogP contribution is -2.55. The molecule has 0 aliphatic heterocycles. The van der Waals surface area contributed by atoms with Crippen LogP contribution in [0.5, 0.6) is 0 Å². The van der Waals surface area contributed by atoms with Gasteiger partial charge in [0.25, 0.3) is 0 Å². The standard InChI is InChI=1S/C6H6F5NO4/c7-5(8,6(9,10)11)4(16)12-2(1-13)3(14)15/h2,13H,1H2,(H,12,16)(H,14,15). The number of rotatable bonds is 4. The SMILES string of the molecule is O=C(O)C(CO)NC(=O)C(F)(F)C(F)(F)F. The van der Waals surface area contributed by atoms with Crippen LogP contribution in [0.15, 0.2) is 0 Å². The highest BCUT2D eigenvalue weighted by Gasteiger charge is 2.63. The number of amides is 1. The summed E-state index contributed by atoms with van der Waals surface area (Å²) < 4.78 is 59.4. The van der Waals surface area contributed by atoms with Crippen LogP contribution >= 0.6 is 0 Å².